The lowest BCUT2D eigenvalue weighted by molar-refractivity contribution is 0.0767. The molecular weight excluding hydrogens is 395 g/mol. The molecule has 1 unspecified atom stereocenters. The van der Waals surface area contributed by atoms with E-state index < -0.39 is 30.1 Å². The summed E-state index contributed by atoms with van der Waals surface area (Å²) in [4.78, 5) is 13.4. The number of hydrogen-bond donors (Lipinski definition) is 0. The fourth-order valence-electron chi connectivity index (χ4n) is 2.40. The molecule has 4 nitrogen and oxygen atoms in total. The van der Waals surface area contributed by atoms with Crippen LogP contribution >= 0.6 is 0 Å². The van der Waals surface area contributed by atoms with Gasteiger partial charge in [0.2, 0.25) is 0 Å². The van der Waals surface area contributed by atoms with Crippen LogP contribution < -0.4 is 0 Å². The molecule has 0 aliphatic rings. The van der Waals surface area contributed by atoms with Crippen molar-refractivity contribution in [3.05, 3.63) is 65.5 Å². The molecule has 0 radical (unpaired) electrons. The number of hydrogen-bond acceptors (Lipinski definition) is 4. The van der Waals surface area contributed by atoms with Crippen molar-refractivity contribution in [1.29, 1.82) is 0 Å². The van der Waals surface area contributed by atoms with Gasteiger partial charge in [0, 0.05) is 11.8 Å². The Morgan fingerprint density at radius 3 is 1.93 bits per heavy atom. The third kappa shape index (κ3) is 5.15. The van der Waals surface area contributed by atoms with E-state index in [1.54, 1.807) is 12.1 Å². The summed E-state index contributed by atoms with van der Waals surface area (Å²) in [6.07, 6.45) is 0.245. The van der Waals surface area contributed by atoms with Gasteiger partial charge < -0.3 is 4.43 Å². The van der Waals surface area contributed by atoms with Crippen LogP contribution in [0.25, 0.3) is 0 Å². The zero-order valence-corrected chi connectivity index (χ0v) is 18.9. The van der Waals surface area contributed by atoms with E-state index in [4.69, 9.17) is 4.43 Å². The SMILES string of the molecule is CC(C)(C)[Si](C)(C)OC(C(=O)c1ccc(F)cc1)c1ccc(S(C)(=O)=O)cc1. The molecule has 0 amide bonds. The first-order chi connectivity index (χ1) is 12.7. The largest absolute Gasteiger partial charge is 0.403 e. The second-order valence-corrected chi connectivity index (χ2v) is 15.2. The fraction of sp³-hybridized carbons (Fsp3) is 0.381. The first-order valence-electron chi connectivity index (χ1n) is 9.00. The summed E-state index contributed by atoms with van der Waals surface area (Å²) in [5.74, 6) is -0.701. The molecule has 2 rings (SSSR count). The van der Waals surface area contributed by atoms with Gasteiger partial charge in [-0.1, -0.05) is 32.9 Å². The van der Waals surface area contributed by atoms with Crippen molar-refractivity contribution in [1.82, 2.24) is 0 Å². The monoisotopic (exact) mass is 422 g/mol. The van der Waals surface area contributed by atoms with Gasteiger partial charge >= 0.3 is 0 Å². The highest BCUT2D eigenvalue weighted by atomic mass is 32.2. The predicted molar refractivity (Wildman–Crippen MR) is 111 cm³/mol. The molecule has 0 aromatic heterocycles. The van der Waals surface area contributed by atoms with Crippen LogP contribution in [0.5, 0.6) is 0 Å². The van der Waals surface area contributed by atoms with Crippen LogP contribution in [-0.2, 0) is 14.3 Å². The van der Waals surface area contributed by atoms with E-state index in [1.165, 1.54) is 36.4 Å². The third-order valence-corrected chi connectivity index (χ3v) is 10.8. The first kappa shape index (κ1) is 22.5. The molecule has 0 N–H and O–H groups in total. The van der Waals surface area contributed by atoms with Crippen LogP contribution in [0.3, 0.4) is 0 Å². The zero-order chi connectivity index (χ0) is 21.3. The molecule has 0 aliphatic heterocycles. The zero-order valence-electron chi connectivity index (χ0n) is 17.1. The van der Waals surface area contributed by atoms with E-state index >= 15 is 0 Å². The highest BCUT2D eigenvalue weighted by molar-refractivity contribution is 7.90. The summed E-state index contributed by atoms with van der Waals surface area (Å²) in [5.41, 5.74) is 0.920. The topological polar surface area (TPSA) is 60.4 Å². The minimum absolute atomic E-state index is 0.124. The number of halogens is 1. The molecule has 28 heavy (non-hydrogen) atoms. The van der Waals surface area contributed by atoms with Gasteiger partial charge in [0.15, 0.2) is 23.9 Å². The number of rotatable bonds is 6. The lowest BCUT2D eigenvalue weighted by Crippen LogP contribution is -2.43. The lowest BCUT2D eigenvalue weighted by Gasteiger charge is -2.39. The Morgan fingerprint density at radius 2 is 1.50 bits per heavy atom. The average molecular weight is 423 g/mol. The minimum Gasteiger partial charge on any atom is -0.403 e. The summed E-state index contributed by atoms with van der Waals surface area (Å²) in [7, 11) is -5.66. The molecule has 0 heterocycles. The van der Waals surface area contributed by atoms with Crippen LogP contribution in [-0.4, -0.2) is 28.8 Å². The van der Waals surface area contributed by atoms with Gasteiger partial charge in [-0.2, -0.15) is 0 Å². The van der Waals surface area contributed by atoms with E-state index in [9.17, 15) is 17.6 Å². The van der Waals surface area contributed by atoms with Crippen LogP contribution in [0, 0.1) is 5.82 Å². The van der Waals surface area contributed by atoms with Gasteiger partial charge in [0.25, 0.3) is 0 Å². The molecule has 0 aliphatic carbocycles. The summed E-state index contributed by atoms with van der Waals surface area (Å²) in [6, 6.07) is 11.5. The summed E-state index contributed by atoms with van der Waals surface area (Å²) in [6.45, 7) is 10.3. The maximum absolute atomic E-state index is 13.3. The summed E-state index contributed by atoms with van der Waals surface area (Å²) < 4.78 is 43.1. The van der Waals surface area contributed by atoms with Crippen molar-refractivity contribution < 1.29 is 22.0 Å². The standard InChI is InChI=1S/C21H27FO4SSi/c1-21(2,3)28(5,6)26-20(19(23)15-7-11-17(22)12-8-15)16-9-13-18(14-10-16)27(4,24)25/h7-14,20H,1-6H3. The van der Waals surface area contributed by atoms with Crippen LogP contribution in [0.2, 0.25) is 18.1 Å². The molecule has 1 atom stereocenters. The predicted octanol–water partition coefficient (Wildman–Crippen LogP) is 5.18. The van der Waals surface area contributed by atoms with Gasteiger partial charge in [0.1, 0.15) is 11.9 Å². The van der Waals surface area contributed by atoms with Gasteiger partial charge in [-0.3, -0.25) is 4.79 Å². The molecule has 0 saturated carbocycles. The van der Waals surface area contributed by atoms with Crippen LogP contribution in [0.4, 0.5) is 4.39 Å². The number of sulfone groups is 1. The van der Waals surface area contributed by atoms with Gasteiger partial charge in [0.05, 0.1) is 4.90 Å². The van der Waals surface area contributed by atoms with E-state index in [1.807, 2.05) is 13.1 Å². The summed E-state index contributed by atoms with van der Waals surface area (Å²) in [5, 5.41) is -0.124. The average Bonchev–Trinajstić information content (AvgIpc) is 2.58. The number of carbonyl (C=O) groups excluding carboxylic acids is 1. The molecule has 7 heteroatoms. The Hall–Kier alpha value is -1.83. The van der Waals surface area contributed by atoms with E-state index in [0.717, 1.165) is 6.26 Å². The molecule has 2 aromatic rings. The highest BCUT2D eigenvalue weighted by Crippen LogP contribution is 2.40. The van der Waals surface area contributed by atoms with Crippen molar-refractivity contribution in [2.45, 2.75) is 49.9 Å². The number of ketones is 1. The molecular formula is C21H27FO4SSi. The molecule has 2 aromatic carbocycles. The Balaban J connectivity index is 2.49. The molecule has 0 saturated heterocycles. The minimum atomic E-state index is -3.34. The molecule has 0 spiro atoms. The smallest absolute Gasteiger partial charge is 0.194 e. The second kappa shape index (κ2) is 7.89. The fourth-order valence-corrected chi connectivity index (χ4v) is 4.22. The van der Waals surface area contributed by atoms with Crippen molar-refractivity contribution in [3.63, 3.8) is 0 Å². The van der Waals surface area contributed by atoms with Gasteiger partial charge in [-0.25, -0.2) is 12.8 Å². The Morgan fingerprint density at radius 1 is 1.00 bits per heavy atom. The molecule has 0 fully saturated rings. The lowest BCUT2D eigenvalue weighted by atomic mass is 10.00. The molecule has 0 bridgehead atoms. The van der Waals surface area contributed by atoms with Crippen LogP contribution in [0.1, 0.15) is 42.8 Å². The van der Waals surface area contributed by atoms with Gasteiger partial charge in [-0.15, -0.1) is 0 Å². The van der Waals surface area contributed by atoms with E-state index in [-0.39, 0.29) is 15.7 Å². The number of benzene rings is 2. The van der Waals surface area contributed by atoms with Crippen molar-refractivity contribution in [2.24, 2.45) is 0 Å². The highest BCUT2D eigenvalue weighted by Gasteiger charge is 2.41. The maximum Gasteiger partial charge on any atom is 0.194 e. The first-order valence-corrected chi connectivity index (χ1v) is 13.8. The van der Waals surface area contributed by atoms with Crippen molar-refractivity contribution in [2.75, 3.05) is 6.26 Å². The quantitative estimate of drug-likeness (QED) is 0.476. The maximum atomic E-state index is 13.3. The molecule has 152 valence electrons. The summed E-state index contributed by atoms with van der Waals surface area (Å²) >= 11 is 0. The normalized spacial score (nSPS) is 14.0. The number of Topliss-reactive ketones (excluding diaryl/α,β-unsaturated/α-hetero) is 1. The number of carbonyl (C=O) groups is 1. The Kier molecular flexibility index (Phi) is 6.33. The van der Waals surface area contributed by atoms with E-state index in [0.29, 0.717) is 11.1 Å². The van der Waals surface area contributed by atoms with Crippen molar-refractivity contribution in [3.8, 4) is 0 Å². The van der Waals surface area contributed by atoms with Crippen molar-refractivity contribution >= 4 is 23.9 Å². The third-order valence-electron chi connectivity index (χ3n) is 5.20. The van der Waals surface area contributed by atoms with Crippen LogP contribution in [0.15, 0.2) is 53.4 Å². The Bertz CT molecular complexity index is 943. The Labute approximate surface area is 167 Å². The van der Waals surface area contributed by atoms with E-state index in [2.05, 4.69) is 20.8 Å². The van der Waals surface area contributed by atoms with Gasteiger partial charge in [-0.05, 0) is 60.1 Å². The second-order valence-electron chi connectivity index (χ2n) is 8.47.